The van der Waals surface area contributed by atoms with Gasteiger partial charge in [-0.2, -0.15) is 4.99 Å². The zero-order valence-electron chi connectivity index (χ0n) is 9.43. The van der Waals surface area contributed by atoms with Crippen LogP contribution < -0.4 is 5.32 Å². The van der Waals surface area contributed by atoms with Gasteiger partial charge in [0.1, 0.15) is 0 Å². The summed E-state index contributed by atoms with van der Waals surface area (Å²) >= 11 is 1.19. The number of hydrogen-bond acceptors (Lipinski definition) is 5. The van der Waals surface area contributed by atoms with E-state index in [2.05, 4.69) is 10.3 Å². The number of nitrogens with one attached hydrogen (secondary N) is 1. The van der Waals surface area contributed by atoms with Crippen molar-refractivity contribution in [2.45, 2.75) is 6.92 Å². The summed E-state index contributed by atoms with van der Waals surface area (Å²) < 4.78 is 5.22. The standard InChI is InChI=1S/C10H13N3O3S/c1-7(14)11-10-12-9(15)8(17-10)6-13-2-4-16-5-3-13/h6H,2-5H2,1H3,(H,11,12,14,15)/b8-6+. The van der Waals surface area contributed by atoms with Gasteiger partial charge in [0.05, 0.1) is 18.1 Å². The molecule has 0 unspecified atom stereocenters. The Labute approximate surface area is 103 Å². The van der Waals surface area contributed by atoms with Crippen molar-refractivity contribution in [3.63, 3.8) is 0 Å². The fourth-order valence-electron chi connectivity index (χ4n) is 1.48. The number of ether oxygens (including phenoxy) is 1. The molecule has 0 saturated carbocycles. The van der Waals surface area contributed by atoms with Crippen LogP contribution in [0.15, 0.2) is 16.1 Å². The highest BCUT2D eigenvalue weighted by molar-refractivity contribution is 8.18. The summed E-state index contributed by atoms with van der Waals surface area (Å²) in [6, 6.07) is 0. The van der Waals surface area contributed by atoms with Crippen LogP contribution >= 0.6 is 11.8 Å². The fraction of sp³-hybridized carbons (Fsp3) is 0.500. The number of carbonyl (C=O) groups is 2. The van der Waals surface area contributed by atoms with Crippen LogP contribution in [0.25, 0.3) is 0 Å². The van der Waals surface area contributed by atoms with Crippen LogP contribution in [-0.4, -0.2) is 48.2 Å². The van der Waals surface area contributed by atoms with Gasteiger partial charge >= 0.3 is 0 Å². The first-order valence-corrected chi connectivity index (χ1v) is 6.09. The summed E-state index contributed by atoms with van der Waals surface area (Å²) in [5.41, 5.74) is 0. The van der Waals surface area contributed by atoms with Crippen molar-refractivity contribution in [2.24, 2.45) is 4.99 Å². The zero-order chi connectivity index (χ0) is 12.3. The molecular formula is C10H13N3O3S. The van der Waals surface area contributed by atoms with E-state index in [0.717, 1.165) is 13.1 Å². The molecule has 2 aliphatic rings. The monoisotopic (exact) mass is 255 g/mol. The van der Waals surface area contributed by atoms with Crippen LogP contribution in [0.4, 0.5) is 0 Å². The molecule has 2 rings (SSSR count). The molecule has 0 atom stereocenters. The molecule has 2 aliphatic heterocycles. The maximum Gasteiger partial charge on any atom is 0.287 e. The lowest BCUT2D eigenvalue weighted by atomic mass is 10.4. The number of amidine groups is 1. The lowest BCUT2D eigenvalue weighted by Gasteiger charge is -2.25. The molecule has 1 saturated heterocycles. The molecule has 0 aromatic rings. The lowest BCUT2D eigenvalue weighted by molar-refractivity contribution is -0.117. The van der Waals surface area contributed by atoms with Crippen molar-refractivity contribution >= 4 is 28.7 Å². The highest BCUT2D eigenvalue weighted by Crippen LogP contribution is 2.25. The minimum atomic E-state index is -0.301. The van der Waals surface area contributed by atoms with E-state index in [0.29, 0.717) is 23.3 Å². The summed E-state index contributed by atoms with van der Waals surface area (Å²) in [5, 5.41) is 2.86. The molecule has 0 aliphatic carbocycles. The van der Waals surface area contributed by atoms with E-state index < -0.39 is 0 Å². The summed E-state index contributed by atoms with van der Waals surface area (Å²) in [4.78, 5) is 28.7. The second-order valence-electron chi connectivity index (χ2n) is 3.65. The number of nitrogens with zero attached hydrogens (tertiary/aromatic N) is 2. The van der Waals surface area contributed by atoms with E-state index in [4.69, 9.17) is 4.74 Å². The Hall–Kier alpha value is -1.34. The van der Waals surface area contributed by atoms with Crippen molar-refractivity contribution < 1.29 is 14.3 Å². The Morgan fingerprint density at radius 2 is 2.24 bits per heavy atom. The summed E-state index contributed by atoms with van der Waals surface area (Å²) in [6.07, 6.45) is 1.79. The topological polar surface area (TPSA) is 71.0 Å². The number of amides is 2. The van der Waals surface area contributed by atoms with Crippen LogP contribution in [-0.2, 0) is 14.3 Å². The van der Waals surface area contributed by atoms with Crippen LogP contribution in [0.3, 0.4) is 0 Å². The largest absolute Gasteiger partial charge is 0.378 e. The quantitative estimate of drug-likeness (QED) is 0.664. The minimum absolute atomic E-state index is 0.225. The minimum Gasteiger partial charge on any atom is -0.378 e. The van der Waals surface area contributed by atoms with Crippen molar-refractivity contribution in [1.29, 1.82) is 0 Å². The first-order chi connectivity index (χ1) is 8.15. The van der Waals surface area contributed by atoms with E-state index in [1.165, 1.54) is 18.7 Å². The van der Waals surface area contributed by atoms with Gasteiger partial charge < -0.3 is 15.0 Å². The van der Waals surface area contributed by atoms with Crippen LogP contribution in [0.5, 0.6) is 0 Å². The van der Waals surface area contributed by atoms with Crippen molar-refractivity contribution in [3.05, 3.63) is 11.1 Å². The molecule has 0 aromatic heterocycles. The van der Waals surface area contributed by atoms with Gasteiger partial charge in [0.2, 0.25) is 5.91 Å². The van der Waals surface area contributed by atoms with Gasteiger partial charge in [-0.25, -0.2) is 0 Å². The molecule has 0 radical (unpaired) electrons. The van der Waals surface area contributed by atoms with E-state index in [9.17, 15) is 9.59 Å². The van der Waals surface area contributed by atoms with Crippen LogP contribution in [0.2, 0.25) is 0 Å². The average molecular weight is 255 g/mol. The molecule has 92 valence electrons. The molecule has 17 heavy (non-hydrogen) atoms. The third kappa shape index (κ3) is 3.31. The summed E-state index contributed by atoms with van der Waals surface area (Å²) in [6.45, 7) is 4.26. The van der Waals surface area contributed by atoms with Crippen molar-refractivity contribution in [2.75, 3.05) is 26.3 Å². The molecule has 2 heterocycles. The van der Waals surface area contributed by atoms with Gasteiger partial charge in [-0.1, -0.05) is 0 Å². The molecule has 2 amide bonds. The van der Waals surface area contributed by atoms with E-state index in [1.807, 2.05) is 4.90 Å². The molecule has 1 fully saturated rings. The molecule has 6 nitrogen and oxygen atoms in total. The maximum atomic E-state index is 11.6. The van der Waals surface area contributed by atoms with Crippen LogP contribution in [0, 0.1) is 0 Å². The van der Waals surface area contributed by atoms with Gasteiger partial charge in [0.15, 0.2) is 5.17 Å². The number of carbonyl (C=O) groups excluding carboxylic acids is 2. The van der Waals surface area contributed by atoms with Gasteiger partial charge in [0.25, 0.3) is 5.91 Å². The molecule has 1 N–H and O–H groups in total. The smallest absolute Gasteiger partial charge is 0.287 e. The number of aliphatic imine (C=N–C) groups is 1. The second kappa shape index (κ2) is 5.33. The zero-order valence-corrected chi connectivity index (χ0v) is 10.2. The number of morpholine rings is 1. The van der Waals surface area contributed by atoms with Gasteiger partial charge in [-0.05, 0) is 11.8 Å². The SMILES string of the molecule is CC(=O)NC1=NC(=O)/C(=C\N2CCOCC2)S1. The van der Waals surface area contributed by atoms with E-state index in [-0.39, 0.29) is 11.8 Å². The third-order valence-corrected chi connectivity index (χ3v) is 3.14. The molecule has 7 heteroatoms. The first kappa shape index (κ1) is 12.1. The fourth-order valence-corrected chi connectivity index (χ4v) is 2.34. The highest BCUT2D eigenvalue weighted by Gasteiger charge is 2.23. The van der Waals surface area contributed by atoms with Crippen molar-refractivity contribution in [3.8, 4) is 0 Å². The third-order valence-electron chi connectivity index (χ3n) is 2.25. The highest BCUT2D eigenvalue weighted by atomic mass is 32.2. The summed E-state index contributed by atoms with van der Waals surface area (Å²) in [5.74, 6) is -0.526. The van der Waals surface area contributed by atoms with Crippen molar-refractivity contribution in [1.82, 2.24) is 10.2 Å². The first-order valence-electron chi connectivity index (χ1n) is 5.27. The Morgan fingerprint density at radius 3 is 2.88 bits per heavy atom. The Balaban J connectivity index is 1.97. The van der Waals surface area contributed by atoms with E-state index >= 15 is 0 Å². The Kier molecular flexibility index (Phi) is 3.80. The predicted octanol–water partition coefficient (Wildman–Crippen LogP) is -0.0745. The predicted molar refractivity (Wildman–Crippen MR) is 64.3 cm³/mol. The molecule has 0 bridgehead atoms. The number of hydrogen-bond donors (Lipinski definition) is 1. The number of rotatable bonds is 1. The number of thioether (sulfide) groups is 1. The van der Waals surface area contributed by atoms with Gasteiger partial charge in [-0.3, -0.25) is 9.59 Å². The van der Waals surface area contributed by atoms with Gasteiger partial charge in [0, 0.05) is 26.2 Å². The summed E-state index contributed by atoms with van der Waals surface area (Å²) in [7, 11) is 0. The van der Waals surface area contributed by atoms with Crippen LogP contribution in [0.1, 0.15) is 6.92 Å². The molecular weight excluding hydrogens is 242 g/mol. The lowest BCUT2D eigenvalue weighted by Crippen LogP contribution is -2.32. The average Bonchev–Trinajstić information content (AvgIpc) is 2.59. The Morgan fingerprint density at radius 1 is 1.53 bits per heavy atom. The second-order valence-corrected chi connectivity index (χ2v) is 4.68. The molecule has 0 spiro atoms. The normalized spacial score (nSPS) is 22.9. The Bertz CT molecular complexity index is 400. The van der Waals surface area contributed by atoms with Gasteiger partial charge in [-0.15, -0.1) is 0 Å². The molecule has 0 aromatic carbocycles. The van der Waals surface area contributed by atoms with E-state index in [1.54, 1.807) is 6.20 Å². The maximum absolute atomic E-state index is 11.6.